The van der Waals surface area contributed by atoms with Gasteiger partial charge in [-0.15, -0.1) is 16.4 Å². The Balaban J connectivity index is 1.75. The van der Waals surface area contributed by atoms with Gasteiger partial charge in [-0.2, -0.15) is 5.26 Å². The molecule has 24 heavy (non-hydrogen) atoms. The number of nitriles is 1. The Labute approximate surface area is 143 Å². The van der Waals surface area contributed by atoms with E-state index < -0.39 is 0 Å². The highest BCUT2D eigenvalue weighted by atomic mass is 32.1. The molecule has 3 rings (SSSR count). The van der Waals surface area contributed by atoms with Crippen molar-refractivity contribution in [3.05, 3.63) is 63.8 Å². The molecule has 7 heteroatoms. The molecule has 120 valence electrons. The zero-order chi connectivity index (χ0) is 17.1. The molecule has 0 aliphatic carbocycles. The summed E-state index contributed by atoms with van der Waals surface area (Å²) < 4.78 is 1.61. The summed E-state index contributed by atoms with van der Waals surface area (Å²) in [5.74, 6) is -0.368. The molecule has 6 nitrogen and oxygen atoms in total. The standard InChI is InChI=1S/C17H15N5OS/c1-11-12(2)24-17(14(11)8-18)19-16(23)15-10-22(21-20-15)9-13-6-4-3-5-7-13/h3-7,10H,9H2,1-2H3,(H,19,23). The van der Waals surface area contributed by atoms with Gasteiger partial charge in [0.25, 0.3) is 5.91 Å². The first-order chi connectivity index (χ1) is 11.6. The van der Waals surface area contributed by atoms with Gasteiger partial charge in [-0.05, 0) is 25.0 Å². The molecule has 0 aliphatic heterocycles. The summed E-state index contributed by atoms with van der Waals surface area (Å²) in [4.78, 5) is 13.3. The quantitative estimate of drug-likeness (QED) is 0.793. The maximum absolute atomic E-state index is 12.3. The van der Waals surface area contributed by atoms with Gasteiger partial charge in [0, 0.05) is 4.88 Å². The van der Waals surface area contributed by atoms with E-state index in [-0.39, 0.29) is 11.6 Å². The molecule has 0 aliphatic rings. The molecule has 2 aromatic heterocycles. The van der Waals surface area contributed by atoms with Crippen molar-refractivity contribution in [1.29, 1.82) is 5.26 Å². The second-order valence-corrected chi connectivity index (χ2v) is 6.57. The number of aromatic nitrogens is 3. The minimum atomic E-state index is -0.368. The highest BCUT2D eigenvalue weighted by molar-refractivity contribution is 7.16. The highest BCUT2D eigenvalue weighted by Crippen LogP contribution is 2.31. The number of carbonyl (C=O) groups excluding carboxylic acids is 1. The van der Waals surface area contributed by atoms with Crippen LogP contribution in [-0.4, -0.2) is 20.9 Å². The number of hydrogen-bond acceptors (Lipinski definition) is 5. The summed E-state index contributed by atoms with van der Waals surface area (Å²) in [6, 6.07) is 11.9. The van der Waals surface area contributed by atoms with Crippen LogP contribution in [-0.2, 0) is 6.54 Å². The Morgan fingerprint density at radius 1 is 1.33 bits per heavy atom. The second-order valence-electron chi connectivity index (χ2n) is 5.34. The highest BCUT2D eigenvalue weighted by Gasteiger charge is 2.17. The number of hydrogen-bond donors (Lipinski definition) is 1. The van der Waals surface area contributed by atoms with E-state index in [9.17, 15) is 10.1 Å². The van der Waals surface area contributed by atoms with Crippen LogP contribution < -0.4 is 5.32 Å². The van der Waals surface area contributed by atoms with Crippen LogP contribution in [0.25, 0.3) is 0 Å². The number of aryl methyl sites for hydroxylation is 1. The van der Waals surface area contributed by atoms with Gasteiger partial charge in [-0.3, -0.25) is 4.79 Å². The Morgan fingerprint density at radius 3 is 2.79 bits per heavy atom. The lowest BCUT2D eigenvalue weighted by atomic mass is 10.2. The van der Waals surface area contributed by atoms with Crippen LogP contribution in [0, 0.1) is 25.2 Å². The van der Waals surface area contributed by atoms with Crippen molar-refractivity contribution in [1.82, 2.24) is 15.0 Å². The van der Waals surface area contributed by atoms with Gasteiger partial charge in [0.2, 0.25) is 0 Å². The van der Waals surface area contributed by atoms with Crippen LogP contribution in [0.3, 0.4) is 0 Å². The number of benzene rings is 1. The van der Waals surface area contributed by atoms with Crippen molar-refractivity contribution in [3.8, 4) is 6.07 Å². The number of carbonyl (C=O) groups is 1. The molecule has 1 aromatic carbocycles. The fraction of sp³-hybridized carbons (Fsp3) is 0.176. The summed E-state index contributed by atoms with van der Waals surface area (Å²) in [6.45, 7) is 4.34. The smallest absolute Gasteiger partial charge is 0.278 e. The van der Waals surface area contributed by atoms with Crippen molar-refractivity contribution < 1.29 is 4.79 Å². The van der Waals surface area contributed by atoms with E-state index in [2.05, 4.69) is 21.7 Å². The van der Waals surface area contributed by atoms with Crippen LogP contribution >= 0.6 is 11.3 Å². The van der Waals surface area contributed by atoms with Gasteiger partial charge in [0.05, 0.1) is 18.3 Å². The van der Waals surface area contributed by atoms with Gasteiger partial charge >= 0.3 is 0 Å². The molecule has 0 unspecified atom stereocenters. The first-order valence-electron chi connectivity index (χ1n) is 7.34. The molecule has 0 bridgehead atoms. The molecule has 0 spiro atoms. The fourth-order valence-corrected chi connectivity index (χ4v) is 3.27. The predicted octanol–water partition coefficient (Wildman–Crippen LogP) is 3.13. The van der Waals surface area contributed by atoms with Gasteiger partial charge < -0.3 is 5.32 Å². The third-order valence-electron chi connectivity index (χ3n) is 3.68. The topological polar surface area (TPSA) is 83.6 Å². The van der Waals surface area contributed by atoms with Gasteiger partial charge in [0.15, 0.2) is 5.69 Å². The van der Waals surface area contributed by atoms with Crippen LogP contribution in [0.1, 0.15) is 32.1 Å². The third kappa shape index (κ3) is 3.19. The maximum Gasteiger partial charge on any atom is 0.278 e. The maximum atomic E-state index is 12.3. The Bertz CT molecular complexity index is 920. The Hall–Kier alpha value is -2.98. The van der Waals surface area contributed by atoms with E-state index in [1.54, 1.807) is 10.9 Å². The zero-order valence-corrected chi connectivity index (χ0v) is 14.1. The van der Waals surface area contributed by atoms with E-state index in [1.165, 1.54) is 11.3 Å². The van der Waals surface area contributed by atoms with Gasteiger partial charge in [-0.1, -0.05) is 35.5 Å². The minimum Gasteiger partial charge on any atom is -0.311 e. The second kappa shape index (κ2) is 6.64. The molecule has 2 heterocycles. The molecule has 1 amide bonds. The molecule has 0 saturated carbocycles. The summed E-state index contributed by atoms with van der Waals surface area (Å²) in [6.07, 6.45) is 1.60. The van der Waals surface area contributed by atoms with Crippen LogP contribution in [0.4, 0.5) is 5.00 Å². The molecule has 3 aromatic rings. The lowest BCUT2D eigenvalue weighted by Crippen LogP contribution is -2.12. The number of anilines is 1. The molecular formula is C17H15N5OS. The minimum absolute atomic E-state index is 0.221. The fourth-order valence-electron chi connectivity index (χ4n) is 2.27. The number of nitrogens with zero attached hydrogens (tertiary/aromatic N) is 4. The zero-order valence-electron chi connectivity index (χ0n) is 13.3. The number of rotatable bonds is 4. The Morgan fingerprint density at radius 2 is 2.08 bits per heavy atom. The van der Waals surface area contributed by atoms with Crippen molar-refractivity contribution in [2.24, 2.45) is 0 Å². The molecule has 0 atom stereocenters. The lowest BCUT2D eigenvalue weighted by molar-refractivity contribution is 0.102. The predicted molar refractivity (Wildman–Crippen MR) is 92.0 cm³/mol. The average molecular weight is 337 g/mol. The van der Waals surface area contributed by atoms with E-state index in [0.717, 1.165) is 16.0 Å². The Kier molecular flexibility index (Phi) is 4.40. The molecule has 0 fully saturated rings. The van der Waals surface area contributed by atoms with Gasteiger partial charge in [-0.25, -0.2) is 4.68 Å². The first kappa shape index (κ1) is 15.9. The number of amides is 1. The van der Waals surface area contributed by atoms with Crippen molar-refractivity contribution in [2.45, 2.75) is 20.4 Å². The van der Waals surface area contributed by atoms with E-state index in [0.29, 0.717) is 17.1 Å². The van der Waals surface area contributed by atoms with E-state index >= 15 is 0 Å². The van der Waals surface area contributed by atoms with E-state index in [1.807, 2.05) is 44.2 Å². The monoisotopic (exact) mass is 337 g/mol. The SMILES string of the molecule is Cc1sc(NC(=O)c2cn(Cc3ccccc3)nn2)c(C#N)c1C. The molecule has 0 saturated heterocycles. The summed E-state index contributed by atoms with van der Waals surface area (Å²) in [7, 11) is 0. The van der Waals surface area contributed by atoms with Crippen LogP contribution in [0.2, 0.25) is 0 Å². The van der Waals surface area contributed by atoms with Gasteiger partial charge in [0.1, 0.15) is 11.1 Å². The summed E-state index contributed by atoms with van der Waals surface area (Å²) in [5, 5.41) is 20.4. The normalized spacial score (nSPS) is 10.4. The van der Waals surface area contributed by atoms with Crippen molar-refractivity contribution >= 4 is 22.2 Å². The summed E-state index contributed by atoms with van der Waals surface area (Å²) in [5.41, 5.74) is 2.69. The average Bonchev–Trinajstić information content (AvgIpc) is 3.14. The molecule has 0 radical (unpaired) electrons. The van der Waals surface area contributed by atoms with E-state index in [4.69, 9.17) is 0 Å². The third-order valence-corrected chi connectivity index (χ3v) is 4.81. The lowest BCUT2D eigenvalue weighted by Gasteiger charge is -2.00. The van der Waals surface area contributed by atoms with Crippen molar-refractivity contribution in [2.75, 3.05) is 5.32 Å². The molecular weight excluding hydrogens is 322 g/mol. The summed E-state index contributed by atoms with van der Waals surface area (Å²) >= 11 is 1.39. The number of thiophene rings is 1. The number of nitrogens with one attached hydrogen (secondary N) is 1. The first-order valence-corrected chi connectivity index (χ1v) is 8.15. The van der Waals surface area contributed by atoms with Crippen LogP contribution in [0.15, 0.2) is 36.5 Å². The largest absolute Gasteiger partial charge is 0.311 e. The molecule has 1 N–H and O–H groups in total. The van der Waals surface area contributed by atoms with Crippen LogP contribution in [0.5, 0.6) is 0 Å². The van der Waals surface area contributed by atoms with Crippen molar-refractivity contribution in [3.63, 3.8) is 0 Å².